The van der Waals surface area contributed by atoms with Crippen molar-refractivity contribution < 1.29 is 14.6 Å². The number of fused-ring (bicyclic) bond motifs is 1. The van der Waals surface area contributed by atoms with Crippen molar-refractivity contribution in [3.63, 3.8) is 0 Å². The van der Waals surface area contributed by atoms with Gasteiger partial charge in [0.15, 0.2) is 0 Å². The molecular weight excluding hydrogens is 596 g/mol. The van der Waals surface area contributed by atoms with Crippen LogP contribution in [0.1, 0.15) is 69.7 Å². The van der Waals surface area contributed by atoms with Gasteiger partial charge in [0.25, 0.3) is 0 Å². The summed E-state index contributed by atoms with van der Waals surface area (Å²) in [6.45, 7) is 7.32. The molecule has 47 heavy (non-hydrogen) atoms. The lowest BCUT2D eigenvalue weighted by atomic mass is 9.85. The predicted octanol–water partition coefficient (Wildman–Crippen LogP) is 4.46. The number of aromatic nitrogens is 3. The number of carbonyl (C=O) groups excluding carboxylic acids is 1. The first-order valence-electron chi connectivity index (χ1n) is 16.0. The van der Waals surface area contributed by atoms with Crippen molar-refractivity contribution in [2.75, 3.05) is 25.0 Å². The van der Waals surface area contributed by atoms with Gasteiger partial charge in [0.05, 0.1) is 24.1 Å². The number of amides is 2. The van der Waals surface area contributed by atoms with Crippen molar-refractivity contribution >= 4 is 23.4 Å². The molecule has 0 spiro atoms. The minimum atomic E-state index is -0.407. The first kappa shape index (κ1) is 33.5. The van der Waals surface area contributed by atoms with E-state index in [1.165, 1.54) is 4.57 Å². The molecule has 0 radical (unpaired) electrons. The van der Waals surface area contributed by atoms with E-state index in [0.29, 0.717) is 48.9 Å². The second-order valence-electron chi connectivity index (χ2n) is 13.3. The summed E-state index contributed by atoms with van der Waals surface area (Å²) in [7, 11) is 1.81. The molecule has 3 aromatic rings. The number of nitrogens with one attached hydrogen (secondary N) is 6. The maximum Gasteiger partial charge on any atom is 0.320 e. The Kier molecular flexibility index (Phi) is 10.1. The van der Waals surface area contributed by atoms with E-state index in [1.807, 2.05) is 49.9 Å². The van der Waals surface area contributed by atoms with Crippen LogP contribution >= 0.6 is 0 Å². The highest BCUT2D eigenvalue weighted by Gasteiger charge is 2.30. The van der Waals surface area contributed by atoms with Gasteiger partial charge in [0.2, 0.25) is 5.96 Å². The van der Waals surface area contributed by atoms with Crippen LogP contribution in [0.2, 0.25) is 0 Å². The van der Waals surface area contributed by atoms with Crippen molar-refractivity contribution in [1.82, 2.24) is 29.9 Å². The number of hydrogen-bond donors (Lipinski definition) is 7. The van der Waals surface area contributed by atoms with Gasteiger partial charge < -0.3 is 30.8 Å². The SMILES string of the molecule is Cn1cc(N/C(=C\C(=N)C(C)(C)C)NC(=O)NC2CCC(Oc3ccc(=N)n(C(=N)N4CCC(CO)CC4)c3)c3ccccc32)cn1. The average molecular weight is 643 g/mol. The number of aliphatic hydroxyl groups is 1. The standard InChI is InChI=1S/C34H46N10O3/c1-34(2,3)29(35)17-31(39-23-18-38-42(4)19-23)41-33(46)40-27-10-11-28(26-8-6-5-7-25(26)27)47-24-9-12-30(36)44(20-24)32(37)43-15-13-22(21-45)14-16-43/h5-9,12,17-20,22,27-28,35-37,39,45H,10-11,13-16,21H2,1-4H3,(H2,40,41,46)/b31-17+,35-29?,36-30?,37-32?. The molecule has 1 aliphatic heterocycles. The van der Waals surface area contributed by atoms with Crippen molar-refractivity contribution in [2.45, 2.75) is 58.6 Å². The first-order valence-corrected chi connectivity index (χ1v) is 16.0. The highest BCUT2D eigenvalue weighted by molar-refractivity contribution is 5.97. The molecule has 7 N–H and O–H groups in total. The molecule has 2 aromatic heterocycles. The number of anilines is 1. The van der Waals surface area contributed by atoms with Gasteiger partial charge >= 0.3 is 6.03 Å². The molecule has 2 atom stereocenters. The second-order valence-corrected chi connectivity index (χ2v) is 13.3. The molecule has 2 amide bonds. The molecule has 3 heterocycles. The normalized spacial score (nSPS) is 18.7. The van der Waals surface area contributed by atoms with Crippen molar-refractivity contribution in [2.24, 2.45) is 18.4 Å². The van der Waals surface area contributed by atoms with Gasteiger partial charge in [-0.2, -0.15) is 5.10 Å². The highest BCUT2D eigenvalue weighted by Crippen LogP contribution is 2.38. The molecule has 13 nitrogen and oxygen atoms in total. The van der Waals surface area contributed by atoms with Gasteiger partial charge in [-0.15, -0.1) is 0 Å². The molecule has 1 fully saturated rings. The number of nitrogens with zero attached hydrogens (tertiary/aromatic N) is 4. The highest BCUT2D eigenvalue weighted by atomic mass is 16.5. The number of benzene rings is 1. The zero-order chi connectivity index (χ0) is 33.7. The number of rotatable bonds is 8. The molecule has 0 bridgehead atoms. The third-order valence-corrected chi connectivity index (χ3v) is 8.67. The number of piperidine rings is 1. The number of aryl methyl sites for hydroxylation is 1. The number of aliphatic hydroxyl groups excluding tert-OH is 1. The van der Waals surface area contributed by atoms with Crippen LogP contribution < -0.4 is 26.2 Å². The molecular formula is C34H46N10O3. The van der Waals surface area contributed by atoms with E-state index in [1.54, 1.807) is 48.5 Å². The molecule has 1 aromatic carbocycles. The van der Waals surface area contributed by atoms with Gasteiger partial charge in [-0.3, -0.25) is 25.4 Å². The molecule has 5 rings (SSSR count). The Labute approximate surface area is 275 Å². The van der Waals surface area contributed by atoms with E-state index < -0.39 is 11.4 Å². The minimum Gasteiger partial charge on any atom is -0.484 e. The van der Waals surface area contributed by atoms with E-state index in [0.717, 1.165) is 24.0 Å². The van der Waals surface area contributed by atoms with Crippen LogP contribution in [0.5, 0.6) is 5.75 Å². The largest absolute Gasteiger partial charge is 0.484 e. The van der Waals surface area contributed by atoms with Crippen LogP contribution in [0.15, 0.2) is 66.9 Å². The van der Waals surface area contributed by atoms with E-state index in [2.05, 4.69) is 21.0 Å². The fraction of sp³-hybridized carbons (Fsp3) is 0.441. The van der Waals surface area contributed by atoms with Crippen LogP contribution in [0, 0.1) is 27.6 Å². The fourth-order valence-electron chi connectivity index (χ4n) is 5.82. The number of carbonyl (C=O) groups is 1. The Balaban J connectivity index is 1.28. The number of allylic oxidation sites excluding steroid dienone is 1. The summed E-state index contributed by atoms with van der Waals surface area (Å²) < 4.78 is 9.66. The second kappa shape index (κ2) is 14.2. The summed E-state index contributed by atoms with van der Waals surface area (Å²) in [4.78, 5) is 15.3. The molecule has 2 aliphatic rings. The summed E-state index contributed by atoms with van der Waals surface area (Å²) in [6, 6.07) is 10.6. The fourth-order valence-corrected chi connectivity index (χ4v) is 5.82. The van der Waals surface area contributed by atoms with Crippen molar-refractivity contribution in [3.05, 3.63) is 83.5 Å². The Morgan fingerprint density at radius 2 is 1.79 bits per heavy atom. The van der Waals surface area contributed by atoms with Crippen LogP contribution in [0.25, 0.3) is 0 Å². The number of pyridine rings is 1. The zero-order valence-corrected chi connectivity index (χ0v) is 27.5. The van der Waals surface area contributed by atoms with E-state index in [-0.39, 0.29) is 36.1 Å². The summed E-state index contributed by atoms with van der Waals surface area (Å²) in [5.41, 5.74) is 2.74. The Morgan fingerprint density at radius 1 is 1.06 bits per heavy atom. The third kappa shape index (κ3) is 8.28. The number of ether oxygens (including phenoxy) is 1. The van der Waals surface area contributed by atoms with E-state index in [9.17, 15) is 9.90 Å². The van der Waals surface area contributed by atoms with E-state index >= 15 is 0 Å². The molecule has 2 unspecified atom stereocenters. The lowest BCUT2D eigenvalue weighted by Crippen LogP contribution is -2.44. The van der Waals surface area contributed by atoms with Crippen molar-refractivity contribution in [1.29, 1.82) is 16.2 Å². The Hall–Kier alpha value is -4.91. The summed E-state index contributed by atoms with van der Waals surface area (Å²) in [5, 5.41) is 48.5. The molecule has 1 saturated heterocycles. The Bertz CT molecular complexity index is 1690. The van der Waals surface area contributed by atoms with Crippen LogP contribution in [0.4, 0.5) is 10.5 Å². The lowest BCUT2D eigenvalue weighted by Gasteiger charge is -2.34. The number of urea groups is 1. The molecule has 13 heteroatoms. The van der Waals surface area contributed by atoms with Crippen LogP contribution in [-0.4, -0.2) is 61.8 Å². The lowest BCUT2D eigenvalue weighted by molar-refractivity contribution is 0.163. The van der Waals surface area contributed by atoms with Gasteiger partial charge in [0, 0.05) is 50.1 Å². The number of likely N-dealkylation sites (tertiary alicyclic amines) is 1. The predicted molar refractivity (Wildman–Crippen MR) is 180 cm³/mol. The quantitative estimate of drug-likeness (QED) is 0.141. The van der Waals surface area contributed by atoms with Gasteiger partial charge in [-0.05, 0) is 54.9 Å². The smallest absolute Gasteiger partial charge is 0.320 e. The summed E-state index contributed by atoms with van der Waals surface area (Å²) in [6.07, 6.45) is 9.38. The Morgan fingerprint density at radius 3 is 2.45 bits per heavy atom. The van der Waals surface area contributed by atoms with E-state index in [4.69, 9.17) is 21.0 Å². The first-order chi connectivity index (χ1) is 22.4. The van der Waals surface area contributed by atoms with Gasteiger partial charge in [-0.25, -0.2) is 4.79 Å². The third-order valence-electron chi connectivity index (χ3n) is 8.67. The van der Waals surface area contributed by atoms with Crippen LogP contribution in [0.3, 0.4) is 0 Å². The maximum atomic E-state index is 13.3. The topological polar surface area (TPSA) is 180 Å². The zero-order valence-electron chi connectivity index (χ0n) is 27.5. The average Bonchev–Trinajstić information content (AvgIpc) is 3.46. The molecule has 0 saturated carbocycles. The molecule has 250 valence electrons. The van der Waals surface area contributed by atoms with Crippen molar-refractivity contribution in [3.8, 4) is 5.75 Å². The van der Waals surface area contributed by atoms with Gasteiger partial charge in [-0.1, -0.05) is 45.0 Å². The minimum absolute atomic E-state index is 0.162. The number of hydrogen-bond acceptors (Lipinski definition) is 8. The van der Waals surface area contributed by atoms with Gasteiger partial charge in [0.1, 0.15) is 23.2 Å². The molecule has 1 aliphatic carbocycles. The maximum absolute atomic E-state index is 13.3. The van der Waals surface area contributed by atoms with Crippen LogP contribution in [-0.2, 0) is 7.05 Å². The monoisotopic (exact) mass is 642 g/mol. The summed E-state index contributed by atoms with van der Waals surface area (Å²) in [5.74, 6) is 1.41. The summed E-state index contributed by atoms with van der Waals surface area (Å²) >= 11 is 0.